The van der Waals surface area contributed by atoms with E-state index < -0.39 is 0 Å². The van der Waals surface area contributed by atoms with Crippen molar-refractivity contribution in [1.82, 2.24) is 9.88 Å². The Balaban J connectivity index is 1.63. The minimum atomic E-state index is -0.157. The number of hydrogen-bond donors (Lipinski definition) is 1. The Bertz CT molecular complexity index is 680. The lowest BCUT2D eigenvalue weighted by Crippen LogP contribution is -2.38. The minimum Gasteiger partial charge on any atom is -0.346 e. The third-order valence-electron chi connectivity index (χ3n) is 3.64. The van der Waals surface area contributed by atoms with Gasteiger partial charge in [0.05, 0.1) is 10.7 Å². The zero-order valence-electron chi connectivity index (χ0n) is 12.3. The topological polar surface area (TPSA) is 48.5 Å². The van der Waals surface area contributed by atoms with Gasteiger partial charge in [-0.1, -0.05) is 23.2 Å². The number of amides is 2. The smallest absolute Gasteiger partial charge is 0.321 e. The predicted molar refractivity (Wildman–Crippen MR) is 96.0 cm³/mol. The molecule has 1 N–H and O–H groups in total. The summed E-state index contributed by atoms with van der Waals surface area (Å²) in [5.74, 6) is 0. The average Bonchev–Trinajstić information content (AvgIpc) is 2.95. The van der Waals surface area contributed by atoms with Crippen LogP contribution in [0.5, 0.6) is 0 Å². The van der Waals surface area contributed by atoms with Crippen molar-refractivity contribution < 1.29 is 4.79 Å². The molecule has 0 radical (unpaired) electrons. The van der Waals surface area contributed by atoms with E-state index in [1.54, 1.807) is 40.6 Å². The minimum absolute atomic E-state index is 0.157. The summed E-state index contributed by atoms with van der Waals surface area (Å²) >= 11 is 13.7. The van der Waals surface area contributed by atoms with E-state index in [0.29, 0.717) is 28.8 Å². The third-order valence-corrected chi connectivity index (χ3v) is 5.04. The highest BCUT2D eigenvalue weighted by Gasteiger charge is 2.20. The van der Waals surface area contributed by atoms with Gasteiger partial charge in [0.1, 0.15) is 0 Å². The molecule has 2 amide bonds. The summed E-state index contributed by atoms with van der Waals surface area (Å²) in [7, 11) is 0. The lowest BCUT2D eigenvalue weighted by Gasteiger charge is -2.22. The molecule has 1 aromatic heterocycles. The van der Waals surface area contributed by atoms with E-state index in [4.69, 9.17) is 23.2 Å². The monoisotopic (exact) mass is 370 g/mol. The van der Waals surface area contributed by atoms with Crippen LogP contribution in [0.2, 0.25) is 10.0 Å². The first-order valence-electron chi connectivity index (χ1n) is 7.29. The molecule has 0 aliphatic carbocycles. The number of rotatable bonds is 2. The van der Waals surface area contributed by atoms with Crippen molar-refractivity contribution >= 4 is 51.4 Å². The second kappa shape index (κ2) is 7.38. The van der Waals surface area contributed by atoms with Crippen LogP contribution in [0.3, 0.4) is 0 Å². The zero-order valence-corrected chi connectivity index (χ0v) is 14.7. The van der Waals surface area contributed by atoms with Crippen molar-refractivity contribution in [3.8, 4) is 0 Å². The summed E-state index contributed by atoms with van der Waals surface area (Å²) in [6.07, 6.45) is 2.70. The Morgan fingerprint density at radius 2 is 2.09 bits per heavy atom. The largest absolute Gasteiger partial charge is 0.346 e. The van der Waals surface area contributed by atoms with Crippen LogP contribution in [0.1, 0.15) is 6.42 Å². The van der Waals surface area contributed by atoms with Crippen molar-refractivity contribution in [1.29, 1.82) is 0 Å². The summed E-state index contributed by atoms with van der Waals surface area (Å²) in [5.41, 5.74) is 0.533. The molecule has 5 nitrogen and oxygen atoms in total. The molecule has 2 heterocycles. The van der Waals surface area contributed by atoms with Crippen molar-refractivity contribution in [2.75, 3.05) is 36.4 Å². The van der Waals surface area contributed by atoms with Gasteiger partial charge in [-0.3, -0.25) is 0 Å². The molecule has 0 bridgehead atoms. The molecule has 1 fully saturated rings. The first kappa shape index (κ1) is 16.4. The lowest BCUT2D eigenvalue weighted by molar-refractivity contribution is 0.215. The fraction of sp³-hybridized carbons (Fsp3) is 0.333. The van der Waals surface area contributed by atoms with Crippen LogP contribution in [0.25, 0.3) is 0 Å². The normalized spacial score (nSPS) is 15.4. The second-order valence-corrected chi connectivity index (χ2v) is 6.91. The van der Waals surface area contributed by atoms with Gasteiger partial charge in [-0.2, -0.15) is 0 Å². The Morgan fingerprint density at radius 1 is 1.22 bits per heavy atom. The summed E-state index contributed by atoms with van der Waals surface area (Å²) < 4.78 is 0. The number of halogens is 2. The maximum atomic E-state index is 12.5. The van der Waals surface area contributed by atoms with E-state index in [1.807, 2.05) is 5.38 Å². The average molecular weight is 371 g/mol. The van der Waals surface area contributed by atoms with Crippen LogP contribution in [0.4, 0.5) is 15.6 Å². The van der Waals surface area contributed by atoms with Gasteiger partial charge in [0, 0.05) is 42.8 Å². The first-order chi connectivity index (χ1) is 11.1. The van der Waals surface area contributed by atoms with Gasteiger partial charge in [-0.05, 0) is 24.6 Å². The van der Waals surface area contributed by atoms with Gasteiger partial charge in [0.25, 0.3) is 0 Å². The highest BCUT2D eigenvalue weighted by molar-refractivity contribution is 7.13. The Labute approximate surface area is 148 Å². The van der Waals surface area contributed by atoms with Gasteiger partial charge in [0.15, 0.2) is 5.13 Å². The third kappa shape index (κ3) is 4.07. The highest BCUT2D eigenvalue weighted by atomic mass is 35.5. The zero-order chi connectivity index (χ0) is 16.2. The summed E-state index contributed by atoms with van der Waals surface area (Å²) in [6, 6.07) is 4.86. The van der Waals surface area contributed by atoms with Gasteiger partial charge in [-0.15, -0.1) is 11.3 Å². The molecule has 1 aliphatic rings. The van der Waals surface area contributed by atoms with Crippen LogP contribution < -0.4 is 10.2 Å². The van der Waals surface area contributed by atoms with Gasteiger partial charge in [0.2, 0.25) is 0 Å². The SMILES string of the molecule is O=C(Nc1cc(Cl)ccc1Cl)N1CCCN(c2nccs2)CC1. The quantitative estimate of drug-likeness (QED) is 0.861. The summed E-state index contributed by atoms with van der Waals surface area (Å²) in [4.78, 5) is 20.8. The number of aromatic nitrogens is 1. The predicted octanol–water partition coefficient (Wildman–Crippen LogP) is 4.19. The lowest BCUT2D eigenvalue weighted by atomic mass is 10.3. The van der Waals surface area contributed by atoms with E-state index in [0.717, 1.165) is 24.6 Å². The van der Waals surface area contributed by atoms with Crippen LogP contribution >= 0.6 is 34.5 Å². The van der Waals surface area contributed by atoms with Crippen molar-refractivity contribution in [3.63, 3.8) is 0 Å². The molecule has 122 valence electrons. The Kier molecular flexibility index (Phi) is 5.25. The summed E-state index contributed by atoms with van der Waals surface area (Å²) in [6.45, 7) is 3.01. The number of nitrogens with zero attached hydrogens (tertiary/aromatic N) is 3. The number of nitrogens with one attached hydrogen (secondary N) is 1. The van der Waals surface area contributed by atoms with E-state index in [1.165, 1.54) is 0 Å². The molecular formula is C15H16Cl2N4OS. The van der Waals surface area contributed by atoms with Gasteiger partial charge >= 0.3 is 6.03 Å². The van der Waals surface area contributed by atoms with Crippen LogP contribution in [-0.4, -0.2) is 42.1 Å². The van der Waals surface area contributed by atoms with Gasteiger partial charge < -0.3 is 15.1 Å². The fourth-order valence-electron chi connectivity index (χ4n) is 2.47. The molecular weight excluding hydrogens is 355 g/mol. The molecule has 0 spiro atoms. The van der Waals surface area contributed by atoms with Gasteiger partial charge in [-0.25, -0.2) is 9.78 Å². The number of thiazole rings is 1. The Hall–Kier alpha value is -1.50. The Morgan fingerprint density at radius 3 is 2.87 bits per heavy atom. The number of anilines is 2. The molecule has 1 aliphatic heterocycles. The number of carbonyl (C=O) groups excluding carboxylic acids is 1. The molecule has 0 atom stereocenters. The number of hydrogen-bond acceptors (Lipinski definition) is 4. The second-order valence-electron chi connectivity index (χ2n) is 5.20. The van der Waals surface area contributed by atoms with E-state index in [-0.39, 0.29) is 6.03 Å². The standard InChI is InChI=1S/C15H16Cl2N4OS/c16-11-2-3-12(17)13(10-11)19-14(22)20-5-1-6-21(8-7-20)15-18-4-9-23-15/h2-4,9-10H,1,5-8H2,(H,19,22). The maximum absolute atomic E-state index is 12.5. The van der Waals surface area contributed by atoms with Crippen molar-refractivity contribution in [2.45, 2.75) is 6.42 Å². The van der Waals surface area contributed by atoms with Crippen molar-refractivity contribution in [3.05, 3.63) is 39.8 Å². The van der Waals surface area contributed by atoms with E-state index in [9.17, 15) is 4.79 Å². The van der Waals surface area contributed by atoms with Crippen LogP contribution in [0, 0.1) is 0 Å². The number of urea groups is 1. The molecule has 0 unspecified atom stereocenters. The molecule has 2 aromatic rings. The van der Waals surface area contributed by atoms with Crippen molar-refractivity contribution in [2.24, 2.45) is 0 Å². The summed E-state index contributed by atoms with van der Waals surface area (Å²) in [5, 5.41) is 6.82. The van der Waals surface area contributed by atoms with Crippen LogP contribution in [0.15, 0.2) is 29.8 Å². The van der Waals surface area contributed by atoms with E-state index in [2.05, 4.69) is 15.2 Å². The first-order valence-corrected chi connectivity index (χ1v) is 8.92. The fourth-order valence-corrected chi connectivity index (χ4v) is 3.51. The molecule has 1 aromatic carbocycles. The molecule has 1 saturated heterocycles. The highest BCUT2D eigenvalue weighted by Crippen LogP contribution is 2.26. The molecule has 0 saturated carbocycles. The molecule has 23 heavy (non-hydrogen) atoms. The maximum Gasteiger partial charge on any atom is 0.321 e. The van der Waals surface area contributed by atoms with Crippen LogP contribution in [-0.2, 0) is 0 Å². The molecule has 3 rings (SSSR count). The number of benzene rings is 1. The van der Waals surface area contributed by atoms with E-state index >= 15 is 0 Å². The molecule has 8 heteroatoms. The number of carbonyl (C=O) groups is 1.